The third kappa shape index (κ3) is 4.59. The molecule has 5 heteroatoms. The van der Waals surface area contributed by atoms with E-state index >= 15 is 0 Å². The van der Waals surface area contributed by atoms with E-state index < -0.39 is 6.04 Å². The Morgan fingerprint density at radius 2 is 1.29 bits per heavy atom. The average molecular weight is 393 g/mol. The first kappa shape index (κ1) is 19.6. The quantitative estimate of drug-likeness (QED) is 0.665. The van der Waals surface area contributed by atoms with Crippen LogP contribution in [0.4, 0.5) is 0 Å². The van der Waals surface area contributed by atoms with Gasteiger partial charge in [0.05, 0.1) is 0 Å². The summed E-state index contributed by atoms with van der Waals surface area (Å²) < 4.78 is 0. The Morgan fingerprint density at radius 1 is 0.786 bits per heavy atom. The molecular weight excluding hydrogens is 372 g/mol. The molecule has 28 heavy (non-hydrogen) atoms. The van der Waals surface area contributed by atoms with E-state index in [0.29, 0.717) is 10.6 Å². The van der Waals surface area contributed by atoms with Crippen LogP contribution in [0.2, 0.25) is 5.02 Å². The van der Waals surface area contributed by atoms with Gasteiger partial charge in [0.1, 0.15) is 6.04 Å². The number of carbonyl (C=O) groups is 2. The molecule has 0 aliphatic heterocycles. The van der Waals surface area contributed by atoms with Gasteiger partial charge < -0.3 is 10.6 Å². The highest BCUT2D eigenvalue weighted by Crippen LogP contribution is 2.28. The van der Waals surface area contributed by atoms with Crippen LogP contribution in [0, 0.1) is 0 Å². The largest absolute Gasteiger partial charge is 0.357 e. The first-order chi connectivity index (χ1) is 13.6. The Balaban J connectivity index is 2.00. The van der Waals surface area contributed by atoms with Crippen LogP contribution in [0.25, 0.3) is 0 Å². The molecule has 2 amide bonds. The summed E-state index contributed by atoms with van der Waals surface area (Å²) in [5.74, 6) is -0.930. The van der Waals surface area contributed by atoms with Crippen LogP contribution < -0.4 is 10.6 Å². The summed E-state index contributed by atoms with van der Waals surface area (Å²) >= 11 is 5.91. The van der Waals surface area contributed by atoms with Crippen LogP contribution in [0.5, 0.6) is 0 Å². The summed E-state index contributed by atoms with van der Waals surface area (Å²) in [6.07, 6.45) is 0. The van der Waals surface area contributed by atoms with Crippen molar-refractivity contribution >= 4 is 23.4 Å². The van der Waals surface area contributed by atoms with Crippen molar-refractivity contribution in [3.63, 3.8) is 0 Å². The van der Waals surface area contributed by atoms with E-state index in [1.165, 1.54) is 0 Å². The molecule has 4 nitrogen and oxygen atoms in total. The van der Waals surface area contributed by atoms with E-state index in [1.807, 2.05) is 60.7 Å². The van der Waals surface area contributed by atoms with Gasteiger partial charge >= 0.3 is 0 Å². The molecule has 0 heterocycles. The van der Waals surface area contributed by atoms with E-state index in [4.69, 9.17) is 11.6 Å². The third-order valence-corrected chi connectivity index (χ3v) is 4.82. The smallest absolute Gasteiger partial charge is 0.251 e. The van der Waals surface area contributed by atoms with Gasteiger partial charge in [-0.1, -0.05) is 72.3 Å². The highest BCUT2D eigenvalue weighted by atomic mass is 35.5. The summed E-state index contributed by atoms with van der Waals surface area (Å²) in [6.45, 7) is 0. The van der Waals surface area contributed by atoms with Crippen molar-refractivity contribution in [1.82, 2.24) is 10.6 Å². The van der Waals surface area contributed by atoms with E-state index in [-0.39, 0.29) is 17.7 Å². The van der Waals surface area contributed by atoms with Gasteiger partial charge in [-0.15, -0.1) is 0 Å². The zero-order valence-corrected chi connectivity index (χ0v) is 16.2. The normalized spacial score (nSPS) is 11.7. The number of rotatable bonds is 6. The third-order valence-electron chi connectivity index (χ3n) is 4.57. The second-order valence-electron chi connectivity index (χ2n) is 6.37. The first-order valence-corrected chi connectivity index (χ1v) is 9.36. The van der Waals surface area contributed by atoms with Gasteiger partial charge in [-0.25, -0.2) is 0 Å². The summed E-state index contributed by atoms with van der Waals surface area (Å²) in [7, 11) is 1.57. The predicted molar refractivity (Wildman–Crippen MR) is 111 cm³/mol. The van der Waals surface area contributed by atoms with Gasteiger partial charge in [-0.2, -0.15) is 0 Å². The van der Waals surface area contributed by atoms with Crippen molar-refractivity contribution in [2.24, 2.45) is 0 Å². The van der Waals surface area contributed by atoms with Gasteiger partial charge in [0.15, 0.2) is 0 Å². The topological polar surface area (TPSA) is 58.2 Å². The molecule has 0 saturated heterocycles. The number of benzene rings is 3. The summed E-state index contributed by atoms with van der Waals surface area (Å²) in [6, 6.07) is 25.2. The van der Waals surface area contributed by atoms with Crippen LogP contribution in [0.1, 0.15) is 27.4 Å². The molecule has 3 rings (SSSR count). The molecule has 2 N–H and O–H groups in total. The van der Waals surface area contributed by atoms with Crippen molar-refractivity contribution in [1.29, 1.82) is 0 Å². The standard InChI is InChI=1S/C23H21ClN2O2/c1-25-23(28)21(26-22(27)18-12-14-19(24)15-13-18)20(16-8-4-2-5-9-16)17-10-6-3-7-11-17/h2-15,20-21H,1H3,(H,25,28)(H,26,27). The number of hydrogen-bond acceptors (Lipinski definition) is 2. The second kappa shape index (κ2) is 9.20. The van der Waals surface area contributed by atoms with Crippen LogP contribution in [-0.4, -0.2) is 24.9 Å². The lowest BCUT2D eigenvalue weighted by Crippen LogP contribution is -2.49. The van der Waals surface area contributed by atoms with Crippen molar-refractivity contribution < 1.29 is 9.59 Å². The number of likely N-dealkylation sites (N-methyl/N-ethyl adjacent to an activating group) is 1. The maximum atomic E-state index is 12.8. The van der Waals surface area contributed by atoms with Gasteiger partial charge in [0, 0.05) is 23.6 Å². The van der Waals surface area contributed by atoms with E-state index in [1.54, 1.807) is 31.3 Å². The van der Waals surface area contributed by atoms with Crippen LogP contribution in [-0.2, 0) is 4.79 Å². The molecule has 0 aromatic heterocycles. The van der Waals surface area contributed by atoms with Gasteiger partial charge in [-0.3, -0.25) is 9.59 Å². The minimum absolute atomic E-state index is 0.264. The molecule has 0 bridgehead atoms. The Kier molecular flexibility index (Phi) is 6.45. The number of halogens is 1. The maximum Gasteiger partial charge on any atom is 0.251 e. The Bertz CT molecular complexity index is 888. The highest BCUT2D eigenvalue weighted by Gasteiger charge is 2.32. The van der Waals surface area contributed by atoms with E-state index in [0.717, 1.165) is 11.1 Å². The molecule has 142 valence electrons. The summed E-state index contributed by atoms with van der Waals surface area (Å²) in [5.41, 5.74) is 2.33. The molecule has 0 saturated carbocycles. The zero-order valence-electron chi connectivity index (χ0n) is 15.4. The maximum absolute atomic E-state index is 12.8. The van der Waals surface area contributed by atoms with Crippen LogP contribution in [0.3, 0.4) is 0 Å². The lowest BCUT2D eigenvalue weighted by Gasteiger charge is -2.28. The SMILES string of the molecule is CNC(=O)C(NC(=O)c1ccc(Cl)cc1)C(c1ccccc1)c1ccccc1. The zero-order chi connectivity index (χ0) is 19.9. The first-order valence-electron chi connectivity index (χ1n) is 8.98. The van der Waals surface area contributed by atoms with Crippen LogP contribution in [0.15, 0.2) is 84.9 Å². The molecule has 0 aliphatic carbocycles. The monoisotopic (exact) mass is 392 g/mol. The number of amides is 2. The number of nitrogens with one attached hydrogen (secondary N) is 2. The number of hydrogen-bond donors (Lipinski definition) is 2. The van der Waals surface area contributed by atoms with Crippen LogP contribution >= 0.6 is 11.6 Å². The van der Waals surface area contributed by atoms with Crippen molar-refractivity contribution in [2.45, 2.75) is 12.0 Å². The Morgan fingerprint density at radius 3 is 1.75 bits per heavy atom. The Hall–Kier alpha value is -3.11. The molecular formula is C23H21ClN2O2. The summed E-state index contributed by atoms with van der Waals surface area (Å²) in [5, 5.41) is 6.13. The average Bonchev–Trinajstić information content (AvgIpc) is 2.74. The minimum Gasteiger partial charge on any atom is -0.357 e. The lowest BCUT2D eigenvalue weighted by atomic mass is 9.84. The highest BCUT2D eigenvalue weighted by molar-refractivity contribution is 6.30. The number of carbonyl (C=O) groups excluding carboxylic acids is 2. The Labute approximate surface area is 169 Å². The fraction of sp³-hybridized carbons (Fsp3) is 0.130. The molecule has 3 aromatic rings. The minimum atomic E-state index is -0.780. The summed E-state index contributed by atoms with van der Waals surface area (Å²) in [4.78, 5) is 25.6. The van der Waals surface area contributed by atoms with Gasteiger partial charge in [0.2, 0.25) is 5.91 Å². The second-order valence-corrected chi connectivity index (χ2v) is 6.81. The molecule has 1 unspecified atom stereocenters. The lowest BCUT2D eigenvalue weighted by molar-refractivity contribution is -0.122. The molecule has 3 aromatic carbocycles. The molecule has 1 atom stereocenters. The molecule has 0 radical (unpaired) electrons. The predicted octanol–water partition coefficient (Wildman–Crippen LogP) is 4.02. The molecule has 0 spiro atoms. The van der Waals surface area contributed by atoms with E-state index in [2.05, 4.69) is 10.6 Å². The van der Waals surface area contributed by atoms with Crippen molar-refractivity contribution in [3.05, 3.63) is 107 Å². The molecule has 0 fully saturated rings. The fourth-order valence-electron chi connectivity index (χ4n) is 3.18. The fourth-order valence-corrected chi connectivity index (χ4v) is 3.31. The van der Waals surface area contributed by atoms with Gasteiger partial charge in [-0.05, 0) is 35.4 Å². The van der Waals surface area contributed by atoms with Crippen molar-refractivity contribution in [3.8, 4) is 0 Å². The van der Waals surface area contributed by atoms with Gasteiger partial charge in [0.25, 0.3) is 5.91 Å². The van der Waals surface area contributed by atoms with Crippen molar-refractivity contribution in [2.75, 3.05) is 7.05 Å². The van der Waals surface area contributed by atoms with E-state index in [9.17, 15) is 9.59 Å². The molecule has 0 aliphatic rings.